The van der Waals surface area contributed by atoms with Gasteiger partial charge in [-0.3, -0.25) is 14.3 Å². The first-order valence-electron chi connectivity index (χ1n) is 7.12. The third-order valence-electron chi connectivity index (χ3n) is 4.01. The van der Waals surface area contributed by atoms with Gasteiger partial charge in [-0.1, -0.05) is 0 Å². The highest BCUT2D eigenvalue weighted by Gasteiger charge is 2.63. The fraction of sp³-hybridized carbons (Fsp3) is 0.538. The second kappa shape index (κ2) is 5.02. The number of aliphatic hydroxyl groups is 1. The van der Waals surface area contributed by atoms with Crippen molar-refractivity contribution in [2.75, 3.05) is 14.1 Å². The number of alkyl halides is 1. The Labute approximate surface area is 135 Å². The number of hydrogen-bond donors (Lipinski definition) is 2. The molecular weight excluding hydrogens is 324 g/mol. The van der Waals surface area contributed by atoms with E-state index in [1.54, 1.807) is 9.47 Å². The molecule has 2 aliphatic rings. The first kappa shape index (κ1) is 14.6. The number of halogens is 1. The van der Waals surface area contributed by atoms with Gasteiger partial charge in [-0.15, -0.1) is 11.6 Å². The van der Waals surface area contributed by atoms with E-state index < -0.39 is 17.7 Å². The van der Waals surface area contributed by atoms with Crippen LogP contribution in [-0.2, 0) is 4.74 Å². The van der Waals surface area contributed by atoms with Crippen LogP contribution >= 0.6 is 11.6 Å². The second-order valence-electron chi connectivity index (χ2n) is 5.93. The molecule has 0 radical (unpaired) electrons. The molecule has 2 N–H and O–H groups in total. The summed E-state index contributed by atoms with van der Waals surface area (Å²) in [6.45, 7) is 0. The number of aliphatic hydroxyl groups excluding tert-OH is 1. The third-order valence-corrected chi connectivity index (χ3v) is 4.52. The maximum absolute atomic E-state index is 12.1. The zero-order chi connectivity index (χ0) is 16.3. The van der Waals surface area contributed by atoms with E-state index in [-0.39, 0.29) is 29.0 Å². The molecule has 5 atom stereocenters. The van der Waals surface area contributed by atoms with Gasteiger partial charge in [0, 0.05) is 20.0 Å². The normalized spacial score (nSPS) is 32.6. The molecule has 10 heteroatoms. The minimum Gasteiger partial charge on any atom is -0.390 e. The van der Waals surface area contributed by atoms with Gasteiger partial charge in [0.1, 0.15) is 0 Å². The van der Waals surface area contributed by atoms with Crippen molar-refractivity contribution in [3.8, 4) is 0 Å². The number of nitrogens with one attached hydrogen (secondary N) is 1. The monoisotopic (exact) mass is 338 g/mol. The molecule has 2 unspecified atom stereocenters. The van der Waals surface area contributed by atoms with Gasteiger partial charge in [0.15, 0.2) is 17.4 Å². The SMILES string of the molecule is CN(C)/C=N/c1nc2c(ncn2[C@@H]2O[C@@H]3C(O)C3[C@@H]2Cl)c(=O)[nH]1. The highest BCUT2D eigenvalue weighted by Crippen LogP contribution is 2.52. The zero-order valence-corrected chi connectivity index (χ0v) is 13.2. The summed E-state index contributed by atoms with van der Waals surface area (Å²) >= 11 is 6.36. The zero-order valence-electron chi connectivity index (χ0n) is 12.4. The van der Waals surface area contributed by atoms with E-state index in [4.69, 9.17) is 16.3 Å². The molecule has 0 spiro atoms. The number of fused-ring (bicyclic) bond motifs is 2. The number of H-pyrrole nitrogens is 1. The largest absolute Gasteiger partial charge is 0.390 e. The van der Waals surface area contributed by atoms with Gasteiger partial charge in [0.25, 0.3) is 5.56 Å². The van der Waals surface area contributed by atoms with Crippen molar-refractivity contribution >= 4 is 35.1 Å². The Kier molecular flexibility index (Phi) is 3.19. The molecule has 4 rings (SSSR count). The minimum absolute atomic E-state index is 0.0904. The number of aromatic nitrogens is 4. The van der Waals surface area contributed by atoms with E-state index in [0.717, 1.165) is 0 Å². The first-order chi connectivity index (χ1) is 11.0. The van der Waals surface area contributed by atoms with E-state index in [1.165, 1.54) is 12.7 Å². The van der Waals surface area contributed by atoms with Gasteiger partial charge in [0.2, 0.25) is 5.95 Å². The smallest absolute Gasteiger partial charge is 0.280 e. The molecule has 1 aliphatic carbocycles. The van der Waals surface area contributed by atoms with Gasteiger partial charge in [-0.2, -0.15) is 4.98 Å². The molecule has 2 fully saturated rings. The summed E-state index contributed by atoms with van der Waals surface area (Å²) in [4.78, 5) is 28.9. The fourth-order valence-electron chi connectivity index (χ4n) is 2.81. The van der Waals surface area contributed by atoms with E-state index in [9.17, 15) is 9.90 Å². The Morgan fingerprint density at radius 3 is 3.00 bits per heavy atom. The quantitative estimate of drug-likeness (QED) is 0.457. The summed E-state index contributed by atoms with van der Waals surface area (Å²) in [5.41, 5.74) is 0.169. The third kappa shape index (κ3) is 2.23. The lowest BCUT2D eigenvalue weighted by atomic mass is 10.2. The van der Waals surface area contributed by atoms with Crippen LogP contribution in [0.1, 0.15) is 6.23 Å². The minimum atomic E-state index is -0.514. The number of nitrogens with zero attached hydrogens (tertiary/aromatic N) is 5. The summed E-state index contributed by atoms with van der Waals surface area (Å²) in [5, 5.41) is 9.23. The Bertz CT molecular complexity index is 846. The van der Waals surface area contributed by atoms with Crippen molar-refractivity contribution in [3.05, 3.63) is 16.7 Å². The highest BCUT2D eigenvalue weighted by molar-refractivity contribution is 6.21. The van der Waals surface area contributed by atoms with Gasteiger partial charge >= 0.3 is 0 Å². The number of imidazole rings is 1. The Morgan fingerprint density at radius 1 is 1.57 bits per heavy atom. The van der Waals surface area contributed by atoms with Crippen molar-refractivity contribution in [1.29, 1.82) is 0 Å². The molecule has 3 heterocycles. The number of ether oxygens (including phenoxy) is 1. The first-order valence-corrected chi connectivity index (χ1v) is 7.56. The van der Waals surface area contributed by atoms with Gasteiger partial charge < -0.3 is 14.7 Å². The summed E-state index contributed by atoms with van der Waals surface area (Å²) < 4.78 is 7.35. The average Bonchev–Trinajstić information content (AvgIpc) is 2.85. The maximum atomic E-state index is 12.1. The van der Waals surface area contributed by atoms with E-state index >= 15 is 0 Å². The van der Waals surface area contributed by atoms with Gasteiger partial charge in [0.05, 0.1) is 30.3 Å². The molecule has 1 aliphatic heterocycles. The van der Waals surface area contributed by atoms with Crippen LogP contribution in [-0.4, -0.2) is 67.5 Å². The van der Waals surface area contributed by atoms with Crippen LogP contribution in [0.4, 0.5) is 5.95 Å². The van der Waals surface area contributed by atoms with Crippen LogP contribution in [0.3, 0.4) is 0 Å². The average molecular weight is 339 g/mol. The molecule has 0 aromatic carbocycles. The lowest BCUT2D eigenvalue weighted by Gasteiger charge is -2.19. The van der Waals surface area contributed by atoms with Crippen molar-refractivity contribution < 1.29 is 9.84 Å². The van der Waals surface area contributed by atoms with Gasteiger partial charge in [-0.25, -0.2) is 9.98 Å². The van der Waals surface area contributed by atoms with E-state index in [0.29, 0.717) is 5.65 Å². The molecule has 9 nitrogen and oxygen atoms in total. The summed E-state index contributed by atoms with van der Waals surface area (Å²) in [5.74, 6) is 0.0830. The molecule has 1 saturated heterocycles. The Balaban J connectivity index is 1.75. The van der Waals surface area contributed by atoms with Crippen molar-refractivity contribution in [2.45, 2.75) is 23.8 Å². The topological polar surface area (TPSA) is 109 Å². The molecule has 2 aromatic rings. The number of aromatic amines is 1. The second-order valence-corrected chi connectivity index (χ2v) is 6.43. The molecular formula is C13H15ClN6O3. The van der Waals surface area contributed by atoms with Crippen LogP contribution < -0.4 is 5.56 Å². The summed E-state index contributed by atoms with van der Waals surface area (Å²) in [7, 11) is 3.62. The maximum Gasteiger partial charge on any atom is 0.280 e. The highest BCUT2D eigenvalue weighted by atomic mass is 35.5. The van der Waals surface area contributed by atoms with Crippen molar-refractivity contribution in [3.63, 3.8) is 0 Å². The summed E-state index contributed by atoms with van der Waals surface area (Å²) in [6.07, 6.45) is 1.73. The van der Waals surface area contributed by atoms with Crippen LogP contribution in [0.15, 0.2) is 16.1 Å². The Morgan fingerprint density at radius 2 is 2.35 bits per heavy atom. The lowest BCUT2D eigenvalue weighted by Crippen LogP contribution is -2.23. The standard InChI is InChI=1S/C13H15ClN6O3/c1-19(2)3-16-13-17-10-7(11(22)18-13)15-4-20(10)12-6(14)5-8(21)9(5)23-12/h3-6,8-9,12,21H,1-2H3,(H,17,18,22)/b16-3+/t5?,6-,8?,9-,12+/m0/s1. The van der Waals surface area contributed by atoms with Gasteiger partial charge in [-0.05, 0) is 0 Å². The van der Waals surface area contributed by atoms with Crippen LogP contribution in [0, 0.1) is 5.92 Å². The molecule has 122 valence electrons. The molecule has 0 bridgehead atoms. The number of rotatable bonds is 3. The van der Waals surface area contributed by atoms with Crippen LogP contribution in [0.25, 0.3) is 11.2 Å². The number of aliphatic imine (C=N–C) groups is 1. The number of hydrogen-bond acceptors (Lipinski definition) is 6. The van der Waals surface area contributed by atoms with Crippen molar-refractivity contribution in [2.24, 2.45) is 10.9 Å². The van der Waals surface area contributed by atoms with E-state index in [2.05, 4.69) is 19.9 Å². The summed E-state index contributed by atoms with van der Waals surface area (Å²) in [6, 6.07) is 0. The van der Waals surface area contributed by atoms with Crippen molar-refractivity contribution in [1.82, 2.24) is 24.4 Å². The van der Waals surface area contributed by atoms with E-state index in [1.807, 2.05) is 14.1 Å². The predicted molar refractivity (Wildman–Crippen MR) is 83.0 cm³/mol. The lowest BCUT2D eigenvalue weighted by molar-refractivity contribution is -0.00472. The fourth-order valence-corrected chi connectivity index (χ4v) is 3.28. The molecule has 0 amide bonds. The molecule has 1 saturated carbocycles. The molecule has 2 aromatic heterocycles. The van der Waals surface area contributed by atoms with Crippen LogP contribution in [0.2, 0.25) is 0 Å². The Hall–Kier alpha value is -1.97. The van der Waals surface area contributed by atoms with Crippen LogP contribution in [0.5, 0.6) is 0 Å². The predicted octanol–water partition coefficient (Wildman–Crippen LogP) is -0.164. The molecule has 23 heavy (non-hydrogen) atoms.